The minimum atomic E-state index is 0.427. The molecular formula is C13H18ClN5. The van der Waals surface area contributed by atoms with E-state index in [1.165, 1.54) is 0 Å². The Morgan fingerprint density at radius 1 is 1.26 bits per heavy atom. The van der Waals surface area contributed by atoms with Crippen LogP contribution in [-0.4, -0.2) is 26.0 Å². The van der Waals surface area contributed by atoms with E-state index in [1.54, 1.807) is 4.68 Å². The average molecular weight is 280 g/mol. The highest BCUT2D eigenvalue weighted by molar-refractivity contribution is 6.31. The first kappa shape index (κ1) is 14.0. The quantitative estimate of drug-likeness (QED) is 0.934. The molecule has 19 heavy (non-hydrogen) atoms. The molecule has 0 aliphatic heterocycles. The van der Waals surface area contributed by atoms with Crippen molar-refractivity contribution in [1.29, 1.82) is 0 Å². The summed E-state index contributed by atoms with van der Waals surface area (Å²) in [4.78, 5) is 0. The second-order valence-electron chi connectivity index (χ2n) is 4.82. The third-order valence-corrected chi connectivity index (χ3v) is 3.36. The van der Waals surface area contributed by atoms with Crippen LogP contribution in [0.1, 0.15) is 30.9 Å². The van der Waals surface area contributed by atoms with Crippen LogP contribution in [0.5, 0.6) is 0 Å². The van der Waals surface area contributed by atoms with E-state index < -0.39 is 0 Å². The van der Waals surface area contributed by atoms with Gasteiger partial charge < -0.3 is 5.32 Å². The van der Waals surface area contributed by atoms with Crippen molar-refractivity contribution < 1.29 is 0 Å². The molecule has 102 valence electrons. The van der Waals surface area contributed by atoms with Crippen LogP contribution >= 0.6 is 11.6 Å². The Balaban J connectivity index is 2.20. The van der Waals surface area contributed by atoms with Crippen molar-refractivity contribution in [2.24, 2.45) is 0 Å². The number of nitrogens with one attached hydrogen (secondary N) is 1. The zero-order valence-electron chi connectivity index (χ0n) is 11.6. The lowest BCUT2D eigenvalue weighted by molar-refractivity contribution is 0.576. The number of aryl methyl sites for hydroxylation is 1. The smallest absolute Gasteiger partial charge is 0.175 e. The van der Waals surface area contributed by atoms with Crippen LogP contribution in [0.4, 0.5) is 0 Å². The fourth-order valence-corrected chi connectivity index (χ4v) is 1.83. The molecule has 0 spiro atoms. The molecule has 0 radical (unpaired) electrons. The molecule has 0 saturated carbocycles. The maximum Gasteiger partial charge on any atom is 0.175 e. The Morgan fingerprint density at radius 3 is 2.47 bits per heavy atom. The Bertz CT molecular complexity index is 559. The number of hydrogen-bond donors (Lipinski definition) is 1. The van der Waals surface area contributed by atoms with Gasteiger partial charge in [-0.2, -0.15) is 10.2 Å². The summed E-state index contributed by atoms with van der Waals surface area (Å²) in [6, 6.07) is 4.28. The van der Waals surface area contributed by atoms with Crippen LogP contribution < -0.4 is 5.32 Å². The maximum absolute atomic E-state index is 6.12. The van der Waals surface area contributed by atoms with Crippen LogP contribution in [0.25, 0.3) is 5.82 Å². The topological polar surface area (TPSA) is 55.6 Å². The Kier molecular flexibility index (Phi) is 4.17. The highest BCUT2D eigenvalue weighted by Crippen LogP contribution is 2.21. The predicted molar refractivity (Wildman–Crippen MR) is 75.6 cm³/mol. The van der Waals surface area contributed by atoms with Gasteiger partial charge in [0.2, 0.25) is 0 Å². The van der Waals surface area contributed by atoms with Gasteiger partial charge in [0.05, 0.1) is 22.1 Å². The molecule has 6 heteroatoms. The summed E-state index contributed by atoms with van der Waals surface area (Å²) in [6.45, 7) is 8.70. The number of hydrogen-bond acceptors (Lipinski definition) is 4. The molecule has 0 bridgehead atoms. The van der Waals surface area contributed by atoms with Gasteiger partial charge in [-0.15, -0.1) is 5.10 Å². The van der Waals surface area contributed by atoms with Crippen LogP contribution in [0.15, 0.2) is 12.1 Å². The second kappa shape index (κ2) is 5.67. The summed E-state index contributed by atoms with van der Waals surface area (Å²) in [5.41, 5.74) is 2.58. The van der Waals surface area contributed by atoms with Crippen molar-refractivity contribution >= 4 is 11.6 Å². The van der Waals surface area contributed by atoms with E-state index in [4.69, 9.17) is 11.6 Å². The molecule has 2 rings (SSSR count). The molecule has 0 unspecified atom stereocenters. The van der Waals surface area contributed by atoms with Gasteiger partial charge in [0.15, 0.2) is 5.82 Å². The van der Waals surface area contributed by atoms with Gasteiger partial charge >= 0.3 is 0 Å². The van der Waals surface area contributed by atoms with E-state index >= 15 is 0 Å². The summed E-state index contributed by atoms with van der Waals surface area (Å²) in [7, 11) is 0. The second-order valence-corrected chi connectivity index (χ2v) is 5.19. The van der Waals surface area contributed by atoms with Crippen molar-refractivity contribution in [3.8, 4) is 5.82 Å². The molecule has 0 saturated heterocycles. The van der Waals surface area contributed by atoms with Gasteiger partial charge in [-0.3, -0.25) is 0 Å². The van der Waals surface area contributed by atoms with Gasteiger partial charge in [-0.05, 0) is 26.0 Å². The lowest BCUT2D eigenvalue weighted by atomic mass is 10.3. The molecule has 0 aliphatic carbocycles. The van der Waals surface area contributed by atoms with Crippen molar-refractivity contribution in [3.63, 3.8) is 0 Å². The molecule has 2 heterocycles. The number of nitrogens with zero attached hydrogens (tertiary/aromatic N) is 4. The summed E-state index contributed by atoms with van der Waals surface area (Å²) >= 11 is 6.12. The summed E-state index contributed by atoms with van der Waals surface area (Å²) in [5, 5.41) is 16.7. The zero-order chi connectivity index (χ0) is 14.0. The van der Waals surface area contributed by atoms with E-state index in [9.17, 15) is 0 Å². The van der Waals surface area contributed by atoms with Gasteiger partial charge in [0.1, 0.15) is 0 Å². The highest BCUT2D eigenvalue weighted by atomic mass is 35.5. The molecule has 0 aliphatic rings. The van der Waals surface area contributed by atoms with Gasteiger partial charge in [0, 0.05) is 12.6 Å². The van der Waals surface area contributed by atoms with Crippen molar-refractivity contribution in [2.45, 2.75) is 40.3 Å². The minimum absolute atomic E-state index is 0.427. The lowest BCUT2D eigenvalue weighted by Crippen LogP contribution is -2.22. The molecule has 2 aromatic rings. The number of aromatic nitrogens is 4. The molecule has 0 fully saturated rings. The SMILES string of the molecule is Cc1nn(-c2ccc(CNC(C)C)nn2)c(C)c1Cl. The first-order valence-corrected chi connectivity index (χ1v) is 6.65. The number of halogens is 1. The van der Waals surface area contributed by atoms with Gasteiger partial charge in [-0.1, -0.05) is 25.4 Å². The molecule has 0 aromatic carbocycles. The molecule has 0 amide bonds. The molecule has 5 nitrogen and oxygen atoms in total. The standard InChI is InChI=1S/C13H18ClN5/c1-8(2)15-7-11-5-6-12(17-16-11)19-10(4)13(14)9(3)18-19/h5-6,8,15H,7H2,1-4H3. The average Bonchev–Trinajstić information content (AvgIpc) is 2.65. The van der Waals surface area contributed by atoms with Crippen LogP contribution in [0.2, 0.25) is 5.02 Å². The van der Waals surface area contributed by atoms with Crippen LogP contribution in [-0.2, 0) is 6.54 Å². The Morgan fingerprint density at radius 2 is 2.00 bits per heavy atom. The van der Waals surface area contributed by atoms with Gasteiger partial charge in [0.25, 0.3) is 0 Å². The largest absolute Gasteiger partial charge is 0.309 e. The third-order valence-electron chi connectivity index (χ3n) is 2.82. The van der Waals surface area contributed by atoms with Crippen LogP contribution in [0.3, 0.4) is 0 Å². The fourth-order valence-electron chi connectivity index (χ4n) is 1.72. The Hall–Kier alpha value is -1.46. The first-order chi connectivity index (χ1) is 8.99. The fraction of sp³-hybridized carbons (Fsp3) is 0.462. The van der Waals surface area contributed by atoms with Crippen molar-refractivity contribution in [1.82, 2.24) is 25.3 Å². The normalized spacial score (nSPS) is 11.3. The highest BCUT2D eigenvalue weighted by Gasteiger charge is 2.11. The lowest BCUT2D eigenvalue weighted by Gasteiger charge is -2.07. The van der Waals surface area contributed by atoms with Crippen LogP contribution in [0, 0.1) is 13.8 Å². The zero-order valence-corrected chi connectivity index (χ0v) is 12.4. The molecule has 2 aromatic heterocycles. The molecule has 0 atom stereocenters. The molecule has 1 N–H and O–H groups in total. The van der Waals surface area contributed by atoms with E-state index in [2.05, 4.69) is 34.5 Å². The summed E-state index contributed by atoms with van der Waals surface area (Å²) in [6.07, 6.45) is 0. The van der Waals surface area contributed by atoms with E-state index in [1.807, 2.05) is 26.0 Å². The van der Waals surface area contributed by atoms with Crippen molar-refractivity contribution in [3.05, 3.63) is 34.2 Å². The summed E-state index contributed by atoms with van der Waals surface area (Å²) in [5.74, 6) is 0.681. The summed E-state index contributed by atoms with van der Waals surface area (Å²) < 4.78 is 1.71. The van der Waals surface area contributed by atoms with E-state index in [-0.39, 0.29) is 0 Å². The third kappa shape index (κ3) is 3.11. The monoisotopic (exact) mass is 279 g/mol. The van der Waals surface area contributed by atoms with E-state index in [0.29, 0.717) is 23.4 Å². The van der Waals surface area contributed by atoms with E-state index in [0.717, 1.165) is 17.1 Å². The Labute approximate surface area is 118 Å². The minimum Gasteiger partial charge on any atom is -0.309 e. The van der Waals surface area contributed by atoms with Crippen molar-refractivity contribution in [2.75, 3.05) is 0 Å². The predicted octanol–water partition coefficient (Wildman–Crippen LogP) is 2.43. The van der Waals surface area contributed by atoms with Gasteiger partial charge in [-0.25, -0.2) is 4.68 Å². The first-order valence-electron chi connectivity index (χ1n) is 6.27. The maximum atomic E-state index is 6.12. The molecular weight excluding hydrogens is 262 g/mol. The number of rotatable bonds is 4.